The van der Waals surface area contributed by atoms with Crippen molar-refractivity contribution in [1.82, 2.24) is 0 Å². The lowest BCUT2D eigenvalue weighted by molar-refractivity contribution is 0.133. The van der Waals surface area contributed by atoms with E-state index in [1.54, 1.807) is 0 Å². The van der Waals surface area contributed by atoms with Gasteiger partial charge in [0.25, 0.3) is 0 Å². The molecule has 0 aliphatic carbocycles. The van der Waals surface area contributed by atoms with Crippen molar-refractivity contribution >= 4 is 5.84 Å². The van der Waals surface area contributed by atoms with Crippen LogP contribution in [0.15, 0.2) is 5.16 Å². The minimum atomic E-state index is 0.269. The van der Waals surface area contributed by atoms with Crippen molar-refractivity contribution in [1.29, 1.82) is 0 Å². The van der Waals surface area contributed by atoms with Crippen molar-refractivity contribution in [2.24, 2.45) is 10.9 Å². The van der Waals surface area contributed by atoms with Gasteiger partial charge in [0.2, 0.25) is 0 Å². The fourth-order valence-corrected chi connectivity index (χ4v) is 0.652. The molecular formula is C7H16N2O2. The summed E-state index contributed by atoms with van der Waals surface area (Å²) < 4.78 is 5.19. The Kier molecular flexibility index (Phi) is 6.82. The molecule has 3 N–H and O–H groups in total. The molecule has 66 valence electrons. The molecule has 4 heteroatoms. The molecule has 0 unspecified atom stereocenters. The Morgan fingerprint density at radius 2 is 2.27 bits per heavy atom. The van der Waals surface area contributed by atoms with Crippen molar-refractivity contribution in [2.45, 2.75) is 26.2 Å². The summed E-state index contributed by atoms with van der Waals surface area (Å²) in [5.41, 5.74) is 5.23. The molecule has 0 aromatic carbocycles. The topological polar surface area (TPSA) is 67.8 Å². The molecule has 0 bridgehead atoms. The van der Waals surface area contributed by atoms with Crippen LogP contribution in [0.4, 0.5) is 0 Å². The van der Waals surface area contributed by atoms with Crippen molar-refractivity contribution in [3.63, 3.8) is 0 Å². The van der Waals surface area contributed by atoms with Gasteiger partial charge in [0.15, 0.2) is 0 Å². The van der Waals surface area contributed by atoms with Crippen LogP contribution < -0.4 is 5.73 Å². The Morgan fingerprint density at radius 1 is 1.55 bits per heavy atom. The molecule has 0 aromatic rings. The molecule has 0 rings (SSSR count). The Hall–Kier alpha value is -0.770. The molecule has 0 saturated heterocycles. The highest BCUT2D eigenvalue weighted by molar-refractivity contribution is 5.79. The largest absolute Gasteiger partial charge is 0.409 e. The van der Waals surface area contributed by atoms with Gasteiger partial charge in [-0.1, -0.05) is 12.1 Å². The smallest absolute Gasteiger partial charge is 0.139 e. The van der Waals surface area contributed by atoms with Crippen molar-refractivity contribution in [2.75, 3.05) is 13.2 Å². The molecule has 0 radical (unpaired) electrons. The Labute approximate surface area is 67.0 Å². The van der Waals surface area contributed by atoms with Gasteiger partial charge in [0, 0.05) is 19.6 Å². The van der Waals surface area contributed by atoms with Crippen LogP contribution in [0.25, 0.3) is 0 Å². The molecule has 0 aliphatic rings. The molecule has 11 heavy (non-hydrogen) atoms. The first-order chi connectivity index (χ1) is 5.31. The van der Waals surface area contributed by atoms with Gasteiger partial charge in [0.1, 0.15) is 5.84 Å². The van der Waals surface area contributed by atoms with E-state index in [2.05, 4.69) is 12.1 Å². The van der Waals surface area contributed by atoms with Gasteiger partial charge >= 0.3 is 0 Å². The number of nitrogens with two attached hydrogens (primary N) is 1. The first kappa shape index (κ1) is 10.2. The van der Waals surface area contributed by atoms with Gasteiger partial charge in [0.05, 0.1) is 0 Å². The van der Waals surface area contributed by atoms with Gasteiger partial charge < -0.3 is 15.7 Å². The monoisotopic (exact) mass is 160 g/mol. The summed E-state index contributed by atoms with van der Waals surface area (Å²) in [5, 5.41) is 11.0. The molecular weight excluding hydrogens is 144 g/mol. The van der Waals surface area contributed by atoms with Crippen LogP contribution in [-0.4, -0.2) is 24.3 Å². The average Bonchev–Trinajstić information content (AvgIpc) is 2.04. The summed E-state index contributed by atoms with van der Waals surface area (Å²) in [6, 6.07) is 0. The first-order valence-corrected chi connectivity index (χ1v) is 3.85. The van der Waals surface area contributed by atoms with Gasteiger partial charge in [-0.05, 0) is 12.8 Å². The minimum Gasteiger partial charge on any atom is -0.409 e. The second-order valence-corrected chi connectivity index (χ2v) is 2.31. The molecule has 0 aromatic heterocycles. The van der Waals surface area contributed by atoms with Crippen LogP contribution in [0.5, 0.6) is 0 Å². The van der Waals surface area contributed by atoms with E-state index in [0.717, 1.165) is 19.4 Å². The van der Waals surface area contributed by atoms with E-state index in [1.807, 2.05) is 0 Å². The predicted molar refractivity (Wildman–Crippen MR) is 43.8 cm³/mol. The van der Waals surface area contributed by atoms with Crippen LogP contribution in [0, 0.1) is 0 Å². The maximum absolute atomic E-state index is 8.16. The molecule has 0 amide bonds. The normalized spacial score (nSPS) is 11.9. The summed E-state index contributed by atoms with van der Waals surface area (Å²) in [7, 11) is 0. The van der Waals surface area contributed by atoms with Crippen LogP contribution in [-0.2, 0) is 4.74 Å². The van der Waals surface area contributed by atoms with E-state index in [0.29, 0.717) is 13.0 Å². The number of oxime groups is 1. The first-order valence-electron chi connectivity index (χ1n) is 3.85. The van der Waals surface area contributed by atoms with Gasteiger partial charge in [-0.25, -0.2) is 0 Å². The van der Waals surface area contributed by atoms with E-state index in [4.69, 9.17) is 15.7 Å². The minimum absolute atomic E-state index is 0.269. The lowest BCUT2D eigenvalue weighted by atomic mass is 10.3. The fraction of sp³-hybridized carbons (Fsp3) is 0.857. The number of hydrogen-bond donors (Lipinski definition) is 2. The van der Waals surface area contributed by atoms with Gasteiger partial charge in [-0.15, -0.1) is 0 Å². The van der Waals surface area contributed by atoms with E-state index < -0.39 is 0 Å². The van der Waals surface area contributed by atoms with Crippen LogP contribution in [0.1, 0.15) is 26.2 Å². The third kappa shape index (κ3) is 7.12. The molecule has 0 spiro atoms. The average molecular weight is 160 g/mol. The molecule has 0 atom stereocenters. The van der Waals surface area contributed by atoms with E-state index in [9.17, 15) is 0 Å². The second-order valence-electron chi connectivity index (χ2n) is 2.31. The highest BCUT2D eigenvalue weighted by Gasteiger charge is 1.92. The van der Waals surface area contributed by atoms with Crippen molar-refractivity contribution < 1.29 is 9.94 Å². The van der Waals surface area contributed by atoms with E-state index >= 15 is 0 Å². The zero-order valence-corrected chi connectivity index (χ0v) is 6.92. The van der Waals surface area contributed by atoms with Gasteiger partial charge in [-0.3, -0.25) is 0 Å². The molecule has 0 fully saturated rings. The maximum Gasteiger partial charge on any atom is 0.139 e. The summed E-state index contributed by atoms with van der Waals surface area (Å²) in [4.78, 5) is 0. The summed E-state index contributed by atoms with van der Waals surface area (Å²) in [5.74, 6) is 0.269. The Morgan fingerprint density at radius 3 is 2.82 bits per heavy atom. The van der Waals surface area contributed by atoms with Crippen molar-refractivity contribution in [3.8, 4) is 0 Å². The van der Waals surface area contributed by atoms with Crippen LogP contribution >= 0.6 is 0 Å². The van der Waals surface area contributed by atoms with E-state index in [1.165, 1.54) is 0 Å². The molecule has 0 aliphatic heterocycles. The Balaban J connectivity index is 3.02. The number of rotatable bonds is 6. The molecule has 0 saturated carbocycles. The van der Waals surface area contributed by atoms with Gasteiger partial charge in [-0.2, -0.15) is 0 Å². The molecule has 4 nitrogen and oxygen atoms in total. The van der Waals surface area contributed by atoms with Crippen molar-refractivity contribution in [3.05, 3.63) is 0 Å². The fourth-order valence-electron chi connectivity index (χ4n) is 0.652. The highest BCUT2D eigenvalue weighted by Crippen LogP contribution is 1.90. The number of nitrogens with zero attached hydrogens (tertiary/aromatic N) is 1. The van der Waals surface area contributed by atoms with Crippen LogP contribution in [0.2, 0.25) is 0 Å². The summed E-state index contributed by atoms with van der Waals surface area (Å²) >= 11 is 0. The number of hydrogen-bond acceptors (Lipinski definition) is 3. The third-order valence-electron chi connectivity index (χ3n) is 1.20. The lowest BCUT2D eigenvalue weighted by Crippen LogP contribution is -2.12. The summed E-state index contributed by atoms with van der Waals surface area (Å²) in [6.07, 6.45) is 2.44. The molecule has 0 heterocycles. The number of ether oxygens (including phenoxy) is 1. The van der Waals surface area contributed by atoms with Crippen LogP contribution in [0.3, 0.4) is 0 Å². The zero-order valence-electron chi connectivity index (χ0n) is 6.92. The Bertz CT molecular complexity index is 115. The standard InChI is InChI=1S/C7H16N2O2/c1-2-5-11-6-3-4-7(8)9-10/h10H,2-6H2,1H3,(H2,8,9). The highest BCUT2D eigenvalue weighted by atomic mass is 16.5. The maximum atomic E-state index is 8.16. The SMILES string of the molecule is CCCOCCC/C(N)=N/O. The third-order valence-corrected chi connectivity index (χ3v) is 1.20. The van der Waals surface area contributed by atoms with E-state index in [-0.39, 0.29) is 5.84 Å². The predicted octanol–water partition coefficient (Wildman–Crippen LogP) is 0.940. The summed E-state index contributed by atoms with van der Waals surface area (Å²) in [6.45, 7) is 3.53. The quantitative estimate of drug-likeness (QED) is 0.200. The number of amidine groups is 1. The zero-order chi connectivity index (χ0) is 8.53. The lowest BCUT2D eigenvalue weighted by Gasteiger charge is -2.00. The second kappa shape index (κ2) is 7.34.